The van der Waals surface area contributed by atoms with E-state index in [-0.39, 0.29) is 17.6 Å². The number of hydrogen-bond donors (Lipinski definition) is 1. The van der Waals surface area contributed by atoms with E-state index in [1.807, 2.05) is 7.11 Å². The number of rotatable bonds is 7. The summed E-state index contributed by atoms with van der Waals surface area (Å²) in [4.78, 5) is 0. The maximum absolute atomic E-state index is 10.3. The Kier molecular flexibility index (Phi) is 6.38. The molecular weight excluding hydrogens is 380 g/mol. The van der Waals surface area contributed by atoms with E-state index in [0.717, 1.165) is 24.3 Å². The summed E-state index contributed by atoms with van der Waals surface area (Å²) in [6, 6.07) is 0. The van der Waals surface area contributed by atoms with Crippen molar-refractivity contribution in [3.05, 3.63) is 36.0 Å². The molecule has 174 valence electrons. The zero-order valence-corrected chi connectivity index (χ0v) is 20.9. The zero-order chi connectivity index (χ0) is 22.6. The van der Waals surface area contributed by atoms with Gasteiger partial charge in [0.25, 0.3) is 0 Å². The van der Waals surface area contributed by atoms with Crippen molar-refractivity contribution >= 4 is 0 Å². The molecule has 0 amide bonds. The van der Waals surface area contributed by atoms with Crippen LogP contribution in [0, 0.1) is 46.3 Å². The lowest BCUT2D eigenvalue weighted by Crippen LogP contribution is -2.36. The number of allylic oxidation sites excluding steroid dienone is 3. The SMILES string of the molecule is C=C1[C@@H](O)C[C@@H]2C[C@]12C(/C=C1\CCC[C@]2(C)[C@@H]([C@H](C)/C=C/[C@H](C)C(C)C)CC[C@@H]12)OC. The lowest BCUT2D eigenvalue weighted by atomic mass is 9.61. The summed E-state index contributed by atoms with van der Waals surface area (Å²) in [5.41, 5.74) is 3.09. The summed E-state index contributed by atoms with van der Waals surface area (Å²) in [6.07, 6.45) is 15.8. The van der Waals surface area contributed by atoms with Gasteiger partial charge in [0.1, 0.15) is 0 Å². The molecule has 0 radical (unpaired) electrons. The number of aliphatic hydroxyl groups is 1. The molecule has 9 atom stereocenters. The Balaban J connectivity index is 1.53. The Morgan fingerprint density at radius 2 is 1.90 bits per heavy atom. The van der Waals surface area contributed by atoms with Gasteiger partial charge in [-0.05, 0) is 91.4 Å². The number of aliphatic hydroxyl groups excluding tert-OH is 1. The highest BCUT2D eigenvalue weighted by Gasteiger charge is 2.66. The van der Waals surface area contributed by atoms with Gasteiger partial charge in [-0.3, -0.25) is 0 Å². The van der Waals surface area contributed by atoms with Crippen molar-refractivity contribution in [3.8, 4) is 0 Å². The smallest absolute Gasteiger partial charge is 0.0851 e. The Morgan fingerprint density at radius 3 is 2.52 bits per heavy atom. The van der Waals surface area contributed by atoms with Crippen molar-refractivity contribution in [1.29, 1.82) is 0 Å². The molecule has 4 aliphatic carbocycles. The van der Waals surface area contributed by atoms with Crippen molar-refractivity contribution in [2.45, 2.75) is 91.8 Å². The Labute approximate surface area is 191 Å². The highest BCUT2D eigenvalue weighted by Crippen LogP contribution is 2.69. The first-order valence-electron chi connectivity index (χ1n) is 12.9. The molecule has 4 rings (SSSR count). The van der Waals surface area contributed by atoms with E-state index in [2.05, 4.69) is 59.4 Å². The number of methoxy groups -OCH3 is 1. The third-order valence-electron chi connectivity index (χ3n) is 10.2. The standard InChI is InChI=1S/C29H46O2/c1-18(2)19(3)10-11-20(4)24-12-13-25-22(9-8-14-28(24,25)6)15-27(31-7)29-17-23(29)16-26(30)21(29)5/h10-11,15,18-20,23-27,30H,5,8-9,12-14,16-17H2,1-4,6-7H3/b11-10+,22-15+/t19-,20+,23+,24+,25-,26-,27?,28+,29-/m0/s1. The van der Waals surface area contributed by atoms with Crippen molar-refractivity contribution < 1.29 is 9.84 Å². The van der Waals surface area contributed by atoms with E-state index in [4.69, 9.17) is 4.74 Å². The van der Waals surface area contributed by atoms with Gasteiger partial charge in [0.2, 0.25) is 0 Å². The van der Waals surface area contributed by atoms with Gasteiger partial charge in [-0.15, -0.1) is 0 Å². The number of fused-ring (bicyclic) bond motifs is 2. The minimum Gasteiger partial charge on any atom is -0.389 e. The summed E-state index contributed by atoms with van der Waals surface area (Å²) in [5, 5.41) is 10.3. The summed E-state index contributed by atoms with van der Waals surface area (Å²) in [7, 11) is 1.85. The van der Waals surface area contributed by atoms with E-state index >= 15 is 0 Å². The molecular formula is C29H46O2. The summed E-state index contributed by atoms with van der Waals surface area (Å²) in [5.74, 6) is 4.03. The molecule has 31 heavy (non-hydrogen) atoms. The second-order valence-electron chi connectivity index (χ2n) is 12.1. The first-order chi connectivity index (χ1) is 14.6. The van der Waals surface area contributed by atoms with E-state index < -0.39 is 0 Å². The quantitative estimate of drug-likeness (QED) is 0.446. The van der Waals surface area contributed by atoms with Gasteiger partial charge in [0.05, 0.1) is 12.2 Å². The van der Waals surface area contributed by atoms with Gasteiger partial charge in [-0.2, -0.15) is 0 Å². The van der Waals surface area contributed by atoms with Gasteiger partial charge in [-0.25, -0.2) is 0 Å². The van der Waals surface area contributed by atoms with Gasteiger partial charge < -0.3 is 9.84 Å². The molecule has 1 N–H and O–H groups in total. The van der Waals surface area contributed by atoms with Crippen LogP contribution in [0.1, 0.15) is 79.6 Å². The normalized spacial score (nSPS) is 44.0. The molecule has 4 aliphatic rings. The van der Waals surface area contributed by atoms with Gasteiger partial charge in [0.15, 0.2) is 0 Å². The molecule has 0 aromatic rings. The summed E-state index contributed by atoms with van der Waals surface area (Å²) >= 11 is 0. The van der Waals surface area contributed by atoms with Crippen LogP contribution >= 0.6 is 0 Å². The lowest BCUT2D eigenvalue weighted by molar-refractivity contribution is 0.0797. The first kappa shape index (κ1) is 23.3. The van der Waals surface area contributed by atoms with Crippen molar-refractivity contribution in [3.63, 3.8) is 0 Å². The minimum atomic E-state index is -0.330. The molecule has 0 aromatic carbocycles. The van der Waals surface area contributed by atoms with Gasteiger partial charge in [-0.1, -0.05) is 65.0 Å². The van der Waals surface area contributed by atoms with Gasteiger partial charge >= 0.3 is 0 Å². The predicted molar refractivity (Wildman–Crippen MR) is 130 cm³/mol. The first-order valence-corrected chi connectivity index (χ1v) is 12.9. The minimum absolute atomic E-state index is 0.00995. The molecule has 1 unspecified atom stereocenters. The number of hydrogen-bond acceptors (Lipinski definition) is 2. The monoisotopic (exact) mass is 426 g/mol. The maximum atomic E-state index is 10.3. The van der Waals surface area contributed by atoms with E-state index in [1.165, 1.54) is 32.1 Å². The maximum Gasteiger partial charge on any atom is 0.0851 e. The molecule has 4 saturated carbocycles. The molecule has 0 bridgehead atoms. The third kappa shape index (κ3) is 3.80. The second kappa shape index (κ2) is 8.49. The van der Waals surface area contributed by atoms with Crippen LogP contribution in [0.5, 0.6) is 0 Å². The van der Waals surface area contributed by atoms with Crippen LogP contribution in [0.4, 0.5) is 0 Å². The predicted octanol–water partition coefficient (Wildman–Crippen LogP) is 6.96. The summed E-state index contributed by atoms with van der Waals surface area (Å²) < 4.78 is 6.08. The van der Waals surface area contributed by atoms with Crippen LogP contribution in [-0.4, -0.2) is 24.4 Å². The van der Waals surface area contributed by atoms with Crippen LogP contribution in [0.25, 0.3) is 0 Å². The molecule has 0 aliphatic heterocycles. The molecule has 2 nitrogen and oxygen atoms in total. The van der Waals surface area contributed by atoms with E-state index in [0.29, 0.717) is 35.0 Å². The molecule has 0 spiro atoms. The van der Waals surface area contributed by atoms with Crippen molar-refractivity contribution in [1.82, 2.24) is 0 Å². The van der Waals surface area contributed by atoms with Crippen LogP contribution in [0.2, 0.25) is 0 Å². The van der Waals surface area contributed by atoms with Crippen LogP contribution < -0.4 is 0 Å². The highest BCUT2D eigenvalue weighted by atomic mass is 16.5. The topological polar surface area (TPSA) is 29.5 Å². The van der Waals surface area contributed by atoms with Crippen molar-refractivity contribution in [2.75, 3.05) is 7.11 Å². The molecule has 0 aromatic heterocycles. The van der Waals surface area contributed by atoms with Crippen molar-refractivity contribution in [2.24, 2.45) is 46.3 Å². The van der Waals surface area contributed by atoms with Crippen LogP contribution in [0.3, 0.4) is 0 Å². The van der Waals surface area contributed by atoms with E-state index in [1.54, 1.807) is 5.57 Å². The second-order valence-corrected chi connectivity index (χ2v) is 12.1. The zero-order valence-electron chi connectivity index (χ0n) is 20.9. The van der Waals surface area contributed by atoms with Gasteiger partial charge in [0, 0.05) is 12.5 Å². The van der Waals surface area contributed by atoms with Crippen LogP contribution in [-0.2, 0) is 4.74 Å². The highest BCUT2D eigenvalue weighted by molar-refractivity contribution is 5.38. The Hall–Kier alpha value is -0.860. The third-order valence-corrected chi connectivity index (χ3v) is 10.2. The molecule has 0 heterocycles. The molecule has 0 saturated heterocycles. The fourth-order valence-corrected chi connectivity index (χ4v) is 7.76. The average Bonchev–Trinajstić information content (AvgIpc) is 3.24. The fourth-order valence-electron chi connectivity index (χ4n) is 7.76. The van der Waals surface area contributed by atoms with E-state index in [9.17, 15) is 5.11 Å². The van der Waals surface area contributed by atoms with Crippen LogP contribution in [0.15, 0.2) is 36.0 Å². The molecule has 2 heteroatoms. The molecule has 4 fully saturated rings. The number of ether oxygens (including phenoxy) is 1. The Bertz CT molecular complexity index is 748. The fraction of sp³-hybridized carbons (Fsp3) is 0.793. The largest absolute Gasteiger partial charge is 0.389 e. The average molecular weight is 427 g/mol. The lowest BCUT2D eigenvalue weighted by Gasteiger charge is -2.44. The Morgan fingerprint density at radius 1 is 1.16 bits per heavy atom. The summed E-state index contributed by atoms with van der Waals surface area (Å²) in [6.45, 7) is 16.3.